The number of benzene rings is 1. The van der Waals surface area contributed by atoms with Crippen molar-refractivity contribution < 1.29 is 14.3 Å². The van der Waals surface area contributed by atoms with Crippen molar-refractivity contribution in [2.75, 3.05) is 33.4 Å². The highest BCUT2D eigenvalue weighted by atomic mass is 35.5. The van der Waals surface area contributed by atoms with Gasteiger partial charge in [-0.05, 0) is 30.5 Å². The van der Waals surface area contributed by atoms with Crippen LogP contribution in [-0.2, 0) is 20.7 Å². The van der Waals surface area contributed by atoms with Crippen LogP contribution >= 0.6 is 11.6 Å². The molecule has 0 unspecified atom stereocenters. The summed E-state index contributed by atoms with van der Waals surface area (Å²) in [6, 6.07) is 7.33. The van der Waals surface area contributed by atoms with E-state index in [0.29, 0.717) is 50.5 Å². The van der Waals surface area contributed by atoms with Crippen LogP contribution in [0.4, 0.5) is 0 Å². The van der Waals surface area contributed by atoms with E-state index in [-0.39, 0.29) is 17.7 Å². The quantitative estimate of drug-likeness (QED) is 0.806. The molecule has 126 valence electrons. The maximum Gasteiger partial charge on any atom is 0.226 e. The van der Waals surface area contributed by atoms with Crippen molar-refractivity contribution in [3.63, 3.8) is 0 Å². The standard InChI is InChI=1S/C17H23ClN2O3/c1-23-11-8-19-17(22)14-6-9-20(10-7-14)16(21)12-13-2-4-15(18)5-3-13/h2-5,14H,6-12H2,1H3,(H,19,22). The van der Waals surface area contributed by atoms with E-state index in [9.17, 15) is 9.59 Å². The highest BCUT2D eigenvalue weighted by Gasteiger charge is 2.26. The number of piperidine rings is 1. The molecule has 6 heteroatoms. The molecule has 1 N–H and O–H groups in total. The van der Waals surface area contributed by atoms with E-state index in [0.717, 1.165) is 5.56 Å². The van der Waals surface area contributed by atoms with Crippen molar-refractivity contribution >= 4 is 23.4 Å². The minimum absolute atomic E-state index is 0.00793. The molecule has 0 aliphatic carbocycles. The molecule has 23 heavy (non-hydrogen) atoms. The largest absolute Gasteiger partial charge is 0.383 e. The molecular weight excluding hydrogens is 316 g/mol. The normalized spacial score (nSPS) is 15.5. The molecule has 2 rings (SSSR count). The summed E-state index contributed by atoms with van der Waals surface area (Å²) in [5.41, 5.74) is 0.957. The van der Waals surface area contributed by atoms with Crippen LogP contribution in [0.2, 0.25) is 5.02 Å². The first kappa shape index (κ1) is 17.8. The first-order chi connectivity index (χ1) is 11.1. The first-order valence-corrected chi connectivity index (χ1v) is 8.27. The van der Waals surface area contributed by atoms with Gasteiger partial charge in [0.2, 0.25) is 11.8 Å². The number of halogens is 1. The summed E-state index contributed by atoms with van der Waals surface area (Å²) in [4.78, 5) is 26.1. The van der Waals surface area contributed by atoms with E-state index in [2.05, 4.69) is 5.32 Å². The highest BCUT2D eigenvalue weighted by molar-refractivity contribution is 6.30. The molecular formula is C17H23ClN2O3. The summed E-state index contributed by atoms with van der Waals surface area (Å²) >= 11 is 5.85. The number of nitrogens with one attached hydrogen (secondary N) is 1. The lowest BCUT2D eigenvalue weighted by Crippen LogP contribution is -2.44. The Morgan fingerprint density at radius 2 is 1.91 bits per heavy atom. The Morgan fingerprint density at radius 3 is 2.52 bits per heavy atom. The van der Waals surface area contributed by atoms with E-state index < -0.39 is 0 Å². The number of hydrogen-bond acceptors (Lipinski definition) is 3. The van der Waals surface area contributed by atoms with Crippen LogP contribution in [0.25, 0.3) is 0 Å². The van der Waals surface area contributed by atoms with Crippen LogP contribution in [0.5, 0.6) is 0 Å². The van der Waals surface area contributed by atoms with Crippen molar-refractivity contribution in [3.05, 3.63) is 34.9 Å². The summed E-state index contributed by atoms with van der Waals surface area (Å²) in [5.74, 6) is 0.156. The number of likely N-dealkylation sites (tertiary alicyclic amines) is 1. The van der Waals surface area contributed by atoms with E-state index in [4.69, 9.17) is 16.3 Å². The molecule has 1 saturated heterocycles. The first-order valence-electron chi connectivity index (χ1n) is 7.89. The van der Waals surface area contributed by atoms with Gasteiger partial charge in [0.05, 0.1) is 13.0 Å². The van der Waals surface area contributed by atoms with Crippen molar-refractivity contribution in [1.82, 2.24) is 10.2 Å². The lowest BCUT2D eigenvalue weighted by molar-refractivity contribution is -0.135. The van der Waals surface area contributed by atoms with Crippen molar-refractivity contribution in [3.8, 4) is 0 Å². The lowest BCUT2D eigenvalue weighted by Gasteiger charge is -2.31. The van der Waals surface area contributed by atoms with Crippen molar-refractivity contribution in [1.29, 1.82) is 0 Å². The molecule has 1 aromatic rings. The number of carbonyl (C=O) groups is 2. The van der Waals surface area contributed by atoms with Crippen molar-refractivity contribution in [2.45, 2.75) is 19.3 Å². The smallest absolute Gasteiger partial charge is 0.226 e. The third kappa shape index (κ3) is 5.52. The fourth-order valence-electron chi connectivity index (χ4n) is 2.70. The SMILES string of the molecule is COCCNC(=O)C1CCN(C(=O)Cc2ccc(Cl)cc2)CC1. The number of amides is 2. The molecule has 1 fully saturated rings. The van der Waals surface area contributed by atoms with Crippen LogP contribution < -0.4 is 5.32 Å². The van der Waals surface area contributed by atoms with Gasteiger partial charge in [-0.3, -0.25) is 9.59 Å². The molecule has 0 bridgehead atoms. The molecule has 1 aromatic carbocycles. The molecule has 0 radical (unpaired) electrons. The van der Waals surface area contributed by atoms with Gasteiger partial charge in [-0.25, -0.2) is 0 Å². The predicted octanol–water partition coefficient (Wildman–Crippen LogP) is 1.88. The second-order valence-corrected chi connectivity index (χ2v) is 6.18. The van der Waals surface area contributed by atoms with E-state index >= 15 is 0 Å². The average molecular weight is 339 g/mol. The van der Waals surface area contributed by atoms with E-state index in [1.807, 2.05) is 17.0 Å². The molecule has 0 saturated carbocycles. The molecule has 0 atom stereocenters. The van der Waals surface area contributed by atoms with Gasteiger partial charge < -0.3 is 15.0 Å². The topological polar surface area (TPSA) is 58.6 Å². The summed E-state index contributed by atoms with van der Waals surface area (Å²) in [6.45, 7) is 2.32. The number of ether oxygens (including phenoxy) is 1. The molecule has 1 aliphatic rings. The maximum atomic E-state index is 12.3. The number of hydrogen-bond donors (Lipinski definition) is 1. The molecule has 1 heterocycles. The van der Waals surface area contributed by atoms with Crippen LogP contribution in [0.3, 0.4) is 0 Å². The zero-order valence-corrected chi connectivity index (χ0v) is 14.1. The molecule has 5 nitrogen and oxygen atoms in total. The Hall–Kier alpha value is -1.59. The average Bonchev–Trinajstić information content (AvgIpc) is 2.57. The number of nitrogens with zero attached hydrogens (tertiary/aromatic N) is 1. The van der Waals surface area contributed by atoms with Crippen LogP contribution in [0.15, 0.2) is 24.3 Å². The predicted molar refractivity (Wildman–Crippen MR) is 89.3 cm³/mol. The van der Waals surface area contributed by atoms with Gasteiger partial charge in [-0.2, -0.15) is 0 Å². The lowest BCUT2D eigenvalue weighted by atomic mass is 9.95. The van der Waals surface area contributed by atoms with Crippen LogP contribution in [0.1, 0.15) is 18.4 Å². The minimum Gasteiger partial charge on any atom is -0.383 e. The third-order valence-electron chi connectivity index (χ3n) is 4.09. The van der Waals surface area contributed by atoms with Gasteiger partial charge >= 0.3 is 0 Å². The monoisotopic (exact) mass is 338 g/mol. The van der Waals surface area contributed by atoms with Gasteiger partial charge in [0.25, 0.3) is 0 Å². The fraction of sp³-hybridized carbons (Fsp3) is 0.529. The van der Waals surface area contributed by atoms with Crippen LogP contribution in [-0.4, -0.2) is 50.1 Å². The number of rotatable bonds is 6. The Morgan fingerprint density at radius 1 is 1.26 bits per heavy atom. The number of methoxy groups -OCH3 is 1. The third-order valence-corrected chi connectivity index (χ3v) is 4.34. The molecule has 0 aromatic heterocycles. The fourth-order valence-corrected chi connectivity index (χ4v) is 2.83. The van der Waals surface area contributed by atoms with Gasteiger partial charge in [0.1, 0.15) is 0 Å². The van der Waals surface area contributed by atoms with Gasteiger partial charge in [0.15, 0.2) is 0 Å². The van der Waals surface area contributed by atoms with Gasteiger partial charge in [-0.15, -0.1) is 0 Å². The summed E-state index contributed by atoms with van der Waals surface area (Å²) in [6.07, 6.45) is 1.80. The Labute approximate surface area is 141 Å². The highest BCUT2D eigenvalue weighted by Crippen LogP contribution is 2.18. The van der Waals surface area contributed by atoms with E-state index in [1.54, 1.807) is 19.2 Å². The Balaban J connectivity index is 1.76. The van der Waals surface area contributed by atoms with Crippen molar-refractivity contribution in [2.24, 2.45) is 5.92 Å². The van der Waals surface area contributed by atoms with E-state index in [1.165, 1.54) is 0 Å². The second-order valence-electron chi connectivity index (χ2n) is 5.74. The summed E-state index contributed by atoms with van der Waals surface area (Å²) in [7, 11) is 1.61. The second kappa shape index (κ2) is 8.89. The summed E-state index contributed by atoms with van der Waals surface area (Å²) in [5, 5.41) is 3.53. The van der Waals surface area contributed by atoms with Gasteiger partial charge in [-0.1, -0.05) is 23.7 Å². The minimum atomic E-state index is -0.00793. The number of carbonyl (C=O) groups excluding carboxylic acids is 2. The maximum absolute atomic E-state index is 12.3. The summed E-state index contributed by atoms with van der Waals surface area (Å²) < 4.78 is 4.92. The molecule has 1 aliphatic heterocycles. The zero-order valence-electron chi connectivity index (χ0n) is 13.4. The molecule has 0 spiro atoms. The zero-order chi connectivity index (χ0) is 16.7. The molecule has 2 amide bonds. The van der Waals surface area contributed by atoms with Crippen LogP contribution in [0, 0.1) is 5.92 Å². The Bertz CT molecular complexity index is 525. The van der Waals surface area contributed by atoms with Gasteiger partial charge in [0, 0.05) is 37.7 Å². The Kier molecular flexibility index (Phi) is 6.86.